The predicted molar refractivity (Wildman–Crippen MR) is 37.6 cm³/mol. The van der Waals surface area contributed by atoms with Gasteiger partial charge in [-0.15, -0.1) is 0 Å². The van der Waals surface area contributed by atoms with Crippen LogP contribution in [0.4, 0.5) is 0 Å². The molecule has 1 unspecified atom stereocenters. The van der Waals surface area contributed by atoms with Gasteiger partial charge in [-0.25, -0.2) is 0 Å². The van der Waals surface area contributed by atoms with Gasteiger partial charge in [-0.05, 0) is 29.3 Å². The van der Waals surface area contributed by atoms with E-state index in [9.17, 15) is 0 Å². The van der Waals surface area contributed by atoms with Crippen molar-refractivity contribution in [3.05, 3.63) is 22.4 Å². The Hall–Kier alpha value is -0.340. The lowest BCUT2D eigenvalue weighted by atomic mass is 10.1. The molecule has 0 N–H and O–H groups in total. The maximum absolute atomic E-state index is 5.25. The molecule has 1 aromatic rings. The zero-order chi connectivity index (χ0) is 6.32. The standard InChI is InChI=1S/C7H8OS/c1-7(5-8-7)6-2-3-9-4-6/h2-4H,5H2,1H3. The second-order valence-electron chi connectivity index (χ2n) is 2.53. The molecule has 0 spiro atoms. The molecule has 0 amide bonds. The van der Waals surface area contributed by atoms with Crippen LogP contribution in [0.25, 0.3) is 0 Å². The average Bonchev–Trinajstić information content (AvgIpc) is 2.46. The zero-order valence-corrected chi connectivity index (χ0v) is 6.07. The number of epoxide rings is 1. The lowest BCUT2D eigenvalue weighted by molar-refractivity contribution is 0.330. The van der Waals surface area contributed by atoms with Crippen molar-refractivity contribution >= 4 is 11.3 Å². The number of ether oxygens (including phenoxy) is 1. The highest BCUT2D eigenvalue weighted by atomic mass is 32.1. The fourth-order valence-electron chi connectivity index (χ4n) is 0.840. The van der Waals surface area contributed by atoms with Crippen LogP contribution in [0.3, 0.4) is 0 Å². The van der Waals surface area contributed by atoms with E-state index in [1.165, 1.54) is 5.56 Å². The van der Waals surface area contributed by atoms with Gasteiger partial charge in [-0.1, -0.05) is 0 Å². The van der Waals surface area contributed by atoms with Crippen LogP contribution < -0.4 is 0 Å². The maximum Gasteiger partial charge on any atom is 0.115 e. The van der Waals surface area contributed by atoms with Crippen molar-refractivity contribution < 1.29 is 4.74 Å². The molecular weight excluding hydrogens is 132 g/mol. The van der Waals surface area contributed by atoms with E-state index in [1.54, 1.807) is 11.3 Å². The van der Waals surface area contributed by atoms with E-state index in [-0.39, 0.29) is 5.60 Å². The van der Waals surface area contributed by atoms with Crippen LogP contribution in [0, 0.1) is 0 Å². The largest absolute Gasteiger partial charge is 0.365 e. The molecule has 0 saturated carbocycles. The molecule has 1 atom stereocenters. The highest BCUT2D eigenvalue weighted by molar-refractivity contribution is 7.08. The van der Waals surface area contributed by atoms with Crippen molar-refractivity contribution in [3.63, 3.8) is 0 Å². The maximum atomic E-state index is 5.25. The number of rotatable bonds is 1. The fraction of sp³-hybridized carbons (Fsp3) is 0.429. The van der Waals surface area contributed by atoms with Crippen LogP contribution in [-0.4, -0.2) is 6.61 Å². The monoisotopic (exact) mass is 140 g/mol. The molecule has 48 valence electrons. The Labute approximate surface area is 58.3 Å². The average molecular weight is 140 g/mol. The number of hydrogen-bond donors (Lipinski definition) is 0. The summed E-state index contributed by atoms with van der Waals surface area (Å²) in [6.07, 6.45) is 0. The van der Waals surface area contributed by atoms with Crippen LogP contribution >= 0.6 is 11.3 Å². The molecule has 1 fully saturated rings. The van der Waals surface area contributed by atoms with Gasteiger partial charge in [0.15, 0.2) is 0 Å². The van der Waals surface area contributed by atoms with Gasteiger partial charge in [0, 0.05) is 0 Å². The van der Waals surface area contributed by atoms with E-state index in [2.05, 4.69) is 23.8 Å². The summed E-state index contributed by atoms with van der Waals surface area (Å²) >= 11 is 1.73. The first-order valence-corrected chi connectivity index (χ1v) is 3.92. The third-order valence-corrected chi connectivity index (χ3v) is 2.39. The minimum Gasteiger partial charge on any atom is -0.365 e. The second-order valence-corrected chi connectivity index (χ2v) is 3.31. The molecule has 2 heteroatoms. The first-order valence-electron chi connectivity index (χ1n) is 2.98. The molecule has 0 radical (unpaired) electrons. The summed E-state index contributed by atoms with van der Waals surface area (Å²) in [5, 5.41) is 4.23. The molecule has 0 aromatic carbocycles. The molecule has 1 saturated heterocycles. The smallest absolute Gasteiger partial charge is 0.115 e. The third-order valence-electron chi connectivity index (χ3n) is 1.71. The van der Waals surface area contributed by atoms with Crippen LogP contribution in [0.15, 0.2) is 16.8 Å². The van der Waals surface area contributed by atoms with Gasteiger partial charge >= 0.3 is 0 Å². The van der Waals surface area contributed by atoms with Crippen molar-refractivity contribution in [2.24, 2.45) is 0 Å². The Bertz CT molecular complexity index is 199. The van der Waals surface area contributed by atoms with E-state index >= 15 is 0 Å². The first kappa shape index (κ1) is 5.45. The quantitative estimate of drug-likeness (QED) is 0.543. The lowest BCUT2D eigenvalue weighted by Crippen LogP contribution is -1.98. The molecule has 2 rings (SSSR count). The van der Waals surface area contributed by atoms with Crippen molar-refractivity contribution in [2.45, 2.75) is 12.5 Å². The van der Waals surface area contributed by atoms with Gasteiger partial charge in [-0.2, -0.15) is 11.3 Å². The SMILES string of the molecule is CC1(c2ccsc2)CO1. The zero-order valence-electron chi connectivity index (χ0n) is 5.26. The summed E-state index contributed by atoms with van der Waals surface area (Å²) in [5.74, 6) is 0. The molecule has 1 aliphatic heterocycles. The van der Waals surface area contributed by atoms with Crippen LogP contribution in [0.1, 0.15) is 12.5 Å². The minimum absolute atomic E-state index is 0.0833. The Morgan fingerprint density at radius 1 is 1.78 bits per heavy atom. The van der Waals surface area contributed by atoms with Gasteiger partial charge < -0.3 is 4.74 Å². The topological polar surface area (TPSA) is 12.5 Å². The molecule has 1 aliphatic rings. The van der Waals surface area contributed by atoms with Gasteiger partial charge in [0.05, 0.1) is 6.61 Å². The predicted octanol–water partition coefficient (Wildman–Crippen LogP) is 1.99. The Balaban J connectivity index is 2.34. The normalized spacial score (nSPS) is 32.6. The Morgan fingerprint density at radius 3 is 3.00 bits per heavy atom. The fourth-order valence-corrected chi connectivity index (χ4v) is 1.62. The number of thiophene rings is 1. The van der Waals surface area contributed by atoms with Crippen molar-refractivity contribution in [3.8, 4) is 0 Å². The first-order chi connectivity index (χ1) is 4.31. The number of hydrogen-bond acceptors (Lipinski definition) is 2. The van der Waals surface area contributed by atoms with E-state index in [0.717, 1.165) is 6.61 Å². The Kier molecular flexibility index (Phi) is 0.957. The summed E-state index contributed by atoms with van der Waals surface area (Å²) in [4.78, 5) is 0. The summed E-state index contributed by atoms with van der Waals surface area (Å²) in [5.41, 5.74) is 1.41. The van der Waals surface area contributed by atoms with Crippen LogP contribution in [0.5, 0.6) is 0 Å². The molecule has 9 heavy (non-hydrogen) atoms. The molecule has 1 aromatic heterocycles. The summed E-state index contributed by atoms with van der Waals surface area (Å²) in [6, 6.07) is 2.12. The van der Waals surface area contributed by atoms with Gasteiger partial charge in [0.2, 0.25) is 0 Å². The summed E-state index contributed by atoms with van der Waals surface area (Å²) in [7, 11) is 0. The van der Waals surface area contributed by atoms with Gasteiger partial charge in [0.1, 0.15) is 5.60 Å². The molecule has 2 heterocycles. The van der Waals surface area contributed by atoms with Crippen LogP contribution in [0.2, 0.25) is 0 Å². The second kappa shape index (κ2) is 1.58. The van der Waals surface area contributed by atoms with Gasteiger partial charge in [0.25, 0.3) is 0 Å². The lowest BCUT2D eigenvalue weighted by Gasteiger charge is -1.97. The van der Waals surface area contributed by atoms with E-state index in [4.69, 9.17) is 4.74 Å². The van der Waals surface area contributed by atoms with Gasteiger partial charge in [-0.3, -0.25) is 0 Å². The van der Waals surface area contributed by atoms with E-state index in [1.807, 2.05) is 0 Å². The molecular formula is C7H8OS. The van der Waals surface area contributed by atoms with Crippen molar-refractivity contribution in [1.82, 2.24) is 0 Å². The van der Waals surface area contributed by atoms with Crippen LogP contribution in [-0.2, 0) is 10.3 Å². The summed E-state index contributed by atoms with van der Waals surface area (Å²) in [6.45, 7) is 3.01. The van der Waals surface area contributed by atoms with E-state index in [0.29, 0.717) is 0 Å². The minimum atomic E-state index is 0.0833. The van der Waals surface area contributed by atoms with Crippen molar-refractivity contribution in [2.75, 3.05) is 6.61 Å². The highest BCUT2D eigenvalue weighted by Crippen LogP contribution is 2.38. The molecule has 1 nitrogen and oxygen atoms in total. The molecule has 0 bridgehead atoms. The summed E-state index contributed by atoms with van der Waals surface area (Å²) < 4.78 is 5.25. The third kappa shape index (κ3) is 0.787. The highest BCUT2D eigenvalue weighted by Gasteiger charge is 2.41. The Morgan fingerprint density at radius 2 is 2.56 bits per heavy atom. The van der Waals surface area contributed by atoms with E-state index < -0.39 is 0 Å². The van der Waals surface area contributed by atoms with Crippen molar-refractivity contribution in [1.29, 1.82) is 0 Å². The molecule has 0 aliphatic carbocycles.